The molecular formula is C35H32N4O5. The van der Waals surface area contributed by atoms with E-state index in [4.69, 9.17) is 0 Å². The van der Waals surface area contributed by atoms with Crippen LogP contribution in [-0.2, 0) is 22.4 Å². The Balaban J connectivity index is 1.03. The van der Waals surface area contributed by atoms with Crippen molar-refractivity contribution in [1.82, 2.24) is 4.90 Å². The number of hydrogen-bond acceptors (Lipinski definition) is 4. The molecule has 1 fully saturated rings. The Morgan fingerprint density at radius 1 is 0.750 bits per heavy atom. The van der Waals surface area contributed by atoms with Crippen LogP contribution in [0.4, 0.5) is 21.9 Å². The second-order valence-corrected chi connectivity index (χ2v) is 11.1. The largest absolute Gasteiger partial charge is 0.481 e. The highest BCUT2D eigenvalue weighted by atomic mass is 16.4. The molecule has 2 aliphatic rings. The van der Waals surface area contributed by atoms with E-state index in [9.17, 15) is 24.3 Å². The molecular weight excluding hydrogens is 556 g/mol. The Morgan fingerprint density at radius 2 is 1.41 bits per heavy atom. The Morgan fingerprint density at radius 3 is 2.14 bits per heavy atom. The lowest BCUT2D eigenvalue weighted by Crippen LogP contribution is -2.33. The quantitative estimate of drug-likeness (QED) is 0.267. The highest BCUT2D eigenvalue weighted by Gasteiger charge is 2.40. The lowest BCUT2D eigenvalue weighted by atomic mass is 9.89. The molecule has 2 atom stereocenters. The molecule has 4 aromatic rings. The summed E-state index contributed by atoms with van der Waals surface area (Å²) in [6, 6.07) is 30.8. The SMILES string of the molecule is O=C(Cc1ccc(NC(=O)N2CCc3ccccc32)cc1)Nc1ccc(C2CN(C(=O)c3ccccc3)CC2C(=O)O)cc1. The number of para-hydroxylation sites is 1. The number of urea groups is 1. The third-order valence-electron chi connectivity index (χ3n) is 8.27. The number of likely N-dealkylation sites (tertiary alicyclic amines) is 1. The van der Waals surface area contributed by atoms with Crippen molar-refractivity contribution in [2.75, 3.05) is 35.2 Å². The van der Waals surface area contributed by atoms with Crippen LogP contribution >= 0.6 is 0 Å². The predicted molar refractivity (Wildman–Crippen MR) is 168 cm³/mol. The average Bonchev–Trinajstić information content (AvgIpc) is 3.68. The Bertz CT molecular complexity index is 1690. The molecule has 222 valence electrons. The summed E-state index contributed by atoms with van der Waals surface area (Å²) >= 11 is 0. The normalized spacial score (nSPS) is 17.2. The number of hydrogen-bond donors (Lipinski definition) is 3. The first kappa shape index (κ1) is 28.7. The van der Waals surface area contributed by atoms with Crippen LogP contribution < -0.4 is 15.5 Å². The van der Waals surface area contributed by atoms with Crippen LogP contribution in [0.15, 0.2) is 103 Å². The van der Waals surface area contributed by atoms with Gasteiger partial charge in [0.05, 0.1) is 12.3 Å². The summed E-state index contributed by atoms with van der Waals surface area (Å²) in [6.45, 7) is 1.08. The molecule has 0 aromatic heterocycles. The van der Waals surface area contributed by atoms with Gasteiger partial charge in [0, 0.05) is 48.2 Å². The molecule has 2 heterocycles. The third-order valence-corrected chi connectivity index (χ3v) is 8.27. The fraction of sp³-hybridized carbons (Fsp3) is 0.200. The third kappa shape index (κ3) is 6.17. The molecule has 9 nitrogen and oxygen atoms in total. The zero-order valence-corrected chi connectivity index (χ0v) is 24.0. The van der Waals surface area contributed by atoms with E-state index in [1.54, 1.807) is 58.3 Å². The molecule has 0 spiro atoms. The van der Waals surface area contributed by atoms with Gasteiger partial charge in [-0.05, 0) is 65.6 Å². The standard InChI is InChI=1S/C35H32N4O5/c40-32(20-23-10-14-28(15-11-23)37-35(44)39-19-18-25-6-4-5-9-31(25)39)36-27-16-12-24(13-17-27)29-21-38(22-30(29)34(42)43)33(41)26-7-2-1-3-8-26/h1-17,29-30H,18-22H2,(H,36,40)(H,37,44)(H,42,43). The number of fused-ring (bicyclic) bond motifs is 1. The van der Waals surface area contributed by atoms with Crippen LogP contribution in [0.5, 0.6) is 0 Å². The monoisotopic (exact) mass is 588 g/mol. The number of benzene rings is 4. The van der Waals surface area contributed by atoms with Crippen molar-refractivity contribution in [2.45, 2.75) is 18.8 Å². The Kier molecular flexibility index (Phi) is 8.10. The molecule has 3 N–H and O–H groups in total. The number of nitrogens with zero attached hydrogens (tertiary/aromatic N) is 2. The first-order valence-electron chi connectivity index (χ1n) is 14.6. The number of aliphatic carboxylic acids is 1. The van der Waals surface area contributed by atoms with E-state index in [1.165, 1.54) is 0 Å². The molecule has 6 rings (SSSR count). The number of amides is 4. The highest BCUT2D eigenvalue weighted by Crippen LogP contribution is 2.34. The summed E-state index contributed by atoms with van der Waals surface area (Å²) in [6.07, 6.45) is 0.980. The van der Waals surface area contributed by atoms with Crippen molar-refractivity contribution < 1.29 is 24.3 Å². The summed E-state index contributed by atoms with van der Waals surface area (Å²) in [5.74, 6) is -2.41. The molecule has 0 aliphatic carbocycles. The minimum absolute atomic E-state index is 0.140. The van der Waals surface area contributed by atoms with Gasteiger partial charge in [-0.2, -0.15) is 0 Å². The molecule has 44 heavy (non-hydrogen) atoms. The van der Waals surface area contributed by atoms with Gasteiger partial charge in [-0.25, -0.2) is 4.79 Å². The minimum atomic E-state index is -0.942. The second-order valence-electron chi connectivity index (χ2n) is 11.1. The van der Waals surface area contributed by atoms with Crippen LogP contribution in [0, 0.1) is 5.92 Å². The summed E-state index contributed by atoms with van der Waals surface area (Å²) < 4.78 is 0. The van der Waals surface area contributed by atoms with Crippen molar-refractivity contribution in [3.05, 3.63) is 125 Å². The summed E-state index contributed by atoms with van der Waals surface area (Å²) in [5.41, 5.74) is 5.45. The number of nitrogens with one attached hydrogen (secondary N) is 2. The van der Waals surface area contributed by atoms with Crippen LogP contribution in [-0.4, -0.2) is 53.5 Å². The van der Waals surface area contributed by atoms with Gasteiger partial charge in [-0.15, -0.1) is 0 Å². The van der Waals surface area contributed by atoms with Crippen LogP contribution in [0.25, 0.3) is 0 Å². The van der Waals surface area contributed by atoms with E-state index < -0.39 is 11.9 Å². The van der Waals surface area contributed by atoms with E-state index >= 15 is 0 Å². The van der Waals surface area contributed by atoms with Crippen molar-refractivity contribution in [1.29, 1.82) is 0 Å². The van der Waals surface area contributed by atoms with E-state index in [2.05, 4.69) is 10.6 Å². The number of carbonyl (C=O) groups excluding carboxylic acids is 3. The zero-order valence-electron chi connectivity index (χ0n) is 24.0. The van der Waals surface area contributed by atoms with Crippen molar-refractivity contribution in [2.24, 2.45) is 5.92 Å². The topological polar surface area (TPSA) is 119 Å². The van der Waals surface area contributed by atoms with Crippen molar-refractivity contribution in [3.63, 3.8) is 0 Å². The second kappa shape index (κ2) is 12.4. The zero-order chi connectivity index (χ0) is 30.6. The molecule has 2 aliphatic heterocycles. The minimum Gasteiger partial charge on any atom is -0.481 e. The van der Waals surface area contributed by atoms with E-state index in [0.29, 0.717) is 30.0 Å². The summed E-state index contributed by atoms with van der Waals surface area (Å²) in [5, 5.41) is 15.7. The van der Waals surface area contributed by atoms with Gasteiger partial charge in [0.1, 0.15) is 0 Å². The van der Waals surface area contributed by atoms with Crippen LogP contribution in [0.3, 0.4) is 0 Å². The van der Waals surface area contributed by atoms with Gasteiger partial charge < -0.3 is 20.6 Å². The predicted octanol–water partition coefficient (Wildman–Crippen LogP) is 5.40. The Hall–Kier alpha value is -5.44. The Labute approximate surface area is 255 Å². The fourth-order valence-electron chi connectivity index (χ4n) is 5.97. The first-order chi connectivity index (χ1) is 21.4. The lowest BCUT2D eigenvalue weighted by Gasteiger charge is -2.18. The van der Waals surface area contributed by atoms with Gasteiger partial charge in [-0.1, -0.05) is 60.7 Å². The molecule has 1 saturated heterocycles. The molecule has 4 aromatic carbocycles. The molecule has 0 bridgehead atoms. The molecule has 2 unspecified atom stereocenters. The number of carbonyl (C=O) groups is 4. The number of anilines is 3. The fourth-order valence-corrected chi connectivity index (χ4v) is 5.97. The first-order valence-corrected chi connectivity index (χ1v) is 14.6. The van der Waals surface area contributed by atoms with Crippen LogP contribution in [0.1, 0.15) is 33.0 Å². The smallest absolute Gasteiger partial charge is 0.326 e. The maximum absolute atomic E-state index is 12.9. The van der Waals surface area contributed by atoms with Gasteiger partial charge in [0.25, 0.3) is 5.91 Å². The van der Waals surface area contributed by atoms with Gasteiger partial charge in [-0.3, -0.25) is 19.3 Å². The molecule has 4 amide bonds. The van der Waals surface area contributed by atoms with Gasteiger partial charge >= 0.3 is 12.0 Å². The molecule has 0 saturated carbocycles. The average molecular weight is 589 g/mol. The summed E-state index contributed by atoms with van der Waals surface area (Å²) in [7, 11) is 0. The highest BCUT2D eigenvalue weighted by molar-refractivity contribution is 6.03. The van der Waals surface area contributed by atoms with Crippen molar-refractivity contribution in [3.8, 4) is 0 Å². The van der Waals surface area contributed by atoms with Gasteiger partial charge in [0.2, 0.25) is 5.91 Å². The maximum atomic E-state index is 12.9. The number of carboxylic acid groups (broad SMARTS) is 1. The van der Waals surface area contributed by atoms with Crippen LogP contribution in [0.2, 0.25) is 0 Å². The van der Waals surface area contributed by atoms with E-state index in [-0.39, 0.29) is 36.7 Å². The van der Waals surface area contributed by atoms with E-state index in [1.807, 2.05) is 54.6 Å². The summed E-state index contributed by atoms with van der Waals surface area (Å²) in [4.78, 5) is 53.9. The maximum Gasteiger partial charge on any atom is 0.326 e. The molecule has 9 heteroatoms. The van der Waals surface area contributed by atoms with Gasteiger partial charge in [0.15, 0.2) is 0 Å². The number of carboxylic acids is 1. The molecule has 0 radical (unpaired) electrons. The number of rotatable bonds is 7. The lowest BCUT2D eigenvalue weighted by molar-refractivity contribution is -0.141. The van der Waals surface area contributed by atoms with E-state index in [0.717, 1.165) is 28.8 Å². The van der Waals surface area contributed by atoms with Crippen molar-refractivity contribution >= 4 is 40.9 Å².